The predicted octanol–water partition coefficient (Wildman–Crippen LogP) is 1.72. The number of carbonyl (C=O) groups excluding carboxylic acids is 6. The number of nitrogens with zero attached hydrogens (tertiary/aromatic N) is 7. The van der Waals surface area contributed by atoms with Crippen molar-refractivity contribution in [1.82, 2.24) is 44.0 Å². The molecule has 318 valence electrons. The fraction of sp³-hybridized carbons (Fsp3) is 0.316. The molecular weight excluding hydrogens is 868 g/mol. The monoisotopic (exact) mass is 907 g/mol. The molecule has 4 amide bonds. The van der Waals surface area contributed by atoms with E-state index in [0.29, 0.717) is 38.1 Å². The van der Waals surface area contributed by atoms with E-state index < -0.39 is 17.8 Å². The maximum absolute atomic E-state index is 11.8. The molecule has 0 atom stereocenters. The molecular formula is C38H41Cl3N11NaO8. The minimum atomic E-state index is -0.991. The van der Waals surface area contributed by atoms with Crippen LogP contribution in [0.15, 0.2) is 54.6 Å². The molecule has 0 saturated carbocycles. The van der Waals surface area contributed by atoms with Crippen LogP contribution in [0.2, 0.25) is 5.02 Å². The van der Waals surface area contributed by atoms with E-state index >= 15 is 0 Å². The molecule has 4 aromatic heterocycles. The zero-order valence-corrected chi connectivity index (χ0v) is 38.5. The van der Waals surface area contributed by atoms with Gasteiger partial charge in [0.05, 0.1) is 11.6 Å². The van der Waals surface area contributed by atoms with Gasteiger partial charge in [-0.1, -0.05) is 39.3 Å². The van der Waals surface area contributed by atoms with Crippen molar-refractivity contribution >= 4 is 93.2 Å². The van der Waals surface area contributed by atoms with E-state index in [1.165, 1.54) is 4.63 Å². The maximum atomic E-state index is 11.8. The third kappa shape index (κ3) is 14.4. The number of anilines is 2. The van der Waals surface area contributed by atoms with E-state index in [1.54, 1.807) is 68.7 Å². The van der Waals surface area contributed by atoms with Crippen molar-refractivity contribution in [3.8, 4) is 22.8 Å². The zero-order chi connectivity index (χ0) is 44.3. The molecule has 0 radical (unpaired) electrons. The first-order valence-electron chi connectivity index (χ1n) is 18.2. The number of ether oxygens (including phenoxy) is 1. The summed E-state index contributed by atoms with van der Waals surface area (Å²) >= 11 is 16.7. The van der Waals surface area contributed by atoms with Crippen molar-refractivity contribution < 1.29 is 68.2 Å². The maximum Gasteiger partial charge on any atom is 1.00 e. The summed E-state index contributed by atoms with van der Waals surface area (Å²) in [6.45, 7) is 10.0. The van der Waals surface area contributed by atoms with E-state index in [0.717, 1.165) is 28.2 Å². The first kappa shape index (κ1) is 50.0. The van der Waals surface area contributed by atoms with Gasteiger partial charge in [0.25, 0.3) is 5.91 Å². The number of hydrogen-bond acceptors (Lipinski definition) is 12. The molecule has 1 saturated heterocycles. The number of esters is 1. The number of aromatic nitrogens is 8. The molecule has 2 aromatic carbocycles. The SMILES string of the molecule is CC(C)C(=O)[O-].Cc1[nH]n2nc(-c3ccc(NC(=O)COC(=O)C(C)C)cc3)nc2c1Cl.Cc1cc2nc(-c3ccc(NC(=O)CCl)cc3)nn2[nH]1.O=C1CCC(=O)N1Cl.[Na+]. The third-order valence-electron chi connectivity index (χ3n) is 7.92. The van der Waals surface area contributed by atoms with Crippen LogP contribution in [-0.2, 0) is 33.5 Å². The van der Waals surface area contributed by atoms with Crippen LogP contribution < -0.4 is 45.3 Å². The number of aromatic amines is 2. The number of aryl methyl sites for hydroxylation is 2. The number of amides is 4. The number of alkyl halides is 1. The van der Waals surface area contributed by atoms with Crippen molar-refractivity contribution in [2.75, 3.05) is 23.1 Å². The van der Waals surface area contributed by atoms with Crippen LogP contribution >= 0.6 is 35.0 Å². The minimum absolute atomic E-state index is 0. The van der Waals surface area contributed by atoms with Crippen LogP contribution in [0, 0.1) is 25.7 Å². The van der Waals surface area contributed by atoms with Crippen molar-refractivity contribution in [3.05, 3.63) is 71.0 Å². The Bertz CT molecular complexity index is 2430. The molecule has 1 aliphatic heterocycles. The molecule has 0 unspecified atom stereocenters. The molecule has 1 aliphatic rings. The van der Waals surface area contributed by atoms with Crippen molar-refractivity contribution in [2.24, 2.45) is 11.8 Å². The molecule has 61 heavy (non-hydrogen) atoms. The number of carboxylic acid groups (broad SMARTS) is 1. The van der Waals surface area contributed by atoms with E-state index in [9.17, 15) is 33.9 Å². The largest absolute Gasteiger partial charge is 1.00 e. The summed E-state index contributed by atoms with van der Waals surface area (Å²) < 4.78 is 8.68. The Hall–Kier alpha value is -5.31. The summed E-state index contributed by atoms with van der Waals surface area (Å²) in [4.78, 5) is 73.5. The van der Waals surface area contributed by atoms with Crippen LogP contribution in [0.1, 0.15) is 51.9 Å². The molecule has 7 rings (SSSR count). The number of fused-ring (bicyclic) bond motifs is 2. The Morgan fingerprint density at radius 1 is 0.803 bits per heavy atom. The van der Waals surface area contributed by atoms with Gasteiger partial charge in [-0.3, -0.25) is 34.2 Å². The Balaban J connectivity index is 0.000000249. The van der Waals surface area contributed by atoms with E-state index in [1.807, 2.05) is 32.0 Å². The third-order valence-corrected chi connectivity index (χ3v) is 8.99. The first-order valence-corrected chi connectivity index (χ1v) is 19.4. The van der Waals surface area contributed by atoms with Gasteiger partial charge >= 0.3 is 35.5 Å². The molecule has 4 N–H and O–H groups in total. The Morgan fingerprint density at radius 2 is 1.30 bits per heavy atom. The average molecular weight is 909 g/mol. The predicted molar refractivity (Wildman–Crippen MR) is 221 cm³/mol. The molecule has 5 heterocycles. The van der Waals surface area contributed by atoms with Crippen LogP contribution in [0.4, 0.5) is 11.4 Å². The summed E-state index contributed by atoms with van der Waals surface area (Å²) in [7, 11) is 0. The zero-order valence-electron chi connectivity index (χ0n) is 34.2. The standard InChI is InChI=1S/C17H18ClN5O3.C13H12ClN5O.C4H4ClNO2.C4H8O2.Na/c1-9(2)17(25)26-8-13(24)19-12-6-4-11(5-7-12)15-20-16-14(18)10(3)21-23(16)22-15;1-8-6-11-16-13(18-19(11)17-8)9-2-4-10(5-3-9)15-12(20)7-14;5-6-3(7)1-2-4(6)8;1-3(2)4(5)6;/h4-7,9,21H,8H2,1-3H3,(H,19,24);2-6,17H,7H2,1H3,(H,15,20);1-2H2;3H,1-2H3,(H,5,6);/q;;;;+1/p-1. The molecule has 0 spiro atoms. The Labute approximate surface area is 386 Å². The summed E-state index contributed by atoms with van der Waals surface area (Å²) in [5, 5.41) is 30.2. The Morgan fingerprint density at radius 3 is 1.72 bits per heavy atom. The summed E-state index contributed by atoms with van der Waals surface area (Å²) in [5.41, 5.74) is 6.07. The quantitative estimate of drug-likeness (QED) is 0.0532. The van der Waals surface area contributed by atoms with Crippen molar-refractivity contribution in [3.63, 3.8) is 0 Å². The van der Waals surface area contributed by atoms with E-state index in [4.69, 9.17) is 39.7 Å². The van der Waals surface area contributed by atoms with Gasteiger partial charge in [-0.2, -0.15) is 13.7 Å². The van der Waals surface area contributed by atoms with Gasteiger partial charge in [0.1, 0.15) is 10.9 Å². The number of hydrogen-bond donors (Lipinski definition) is 4. The number of halogens is 3. The number of carboxylic acids is 1. The number of rotatable bonds is 9. The van der Waals surface area contributed by atoms with Crippen LogP contribution in [-0.4, -0.2) is 92.1 Å². The number of benzene rings is 2. The topological polar surface area (TPSA) is 254 Å². The normalized spacial score (nSPS) is 11.9. The van der Waals surface area contributed by atoms with Gasteiger partial charge in [-0.25, -0.2) is 9.97 Å². The van der Waals surface area contributed by atoms with Gasteiger partial charge in [0.2, 0.25) is 17.7 Å². The smallest absolute Gasteiger partial charge is 0.550 e. The second-order valence-corrected chi connectivity index (χ2v) is 14.5. The average Bonchev–Trinajstić information content (AvgIpc) is 4.02. The summed E-state index contributed by atoms with van der Waals surface area (Å²) in [6, 6.07) is 16.2. The minimum Gasteiger partial charge on any atom is -0.550 e. The fourth-order valence-corrected chi connectivity index (χ4v) is 5.09. The number of imide groups is 1. The number of H-pyrrole nitrogens is 2. The van der Waals surface area contributed by atoms with Crippen molar-refractivity contribution in [1.29, 1.82) is 0 Å². The van der Waals surface area contributed by atoms with E-state index in [-0.39, 0.29) is 84.4 Å². The number of carbonyl (C=O) groups is 6. The van der Waals surface area contributed by atoms with E-state index in [2.05, 4.69) is 41.0 Å². The van der Waals surface area contributed by atoms with Gasteiger partial charge in [-0.15, -0.1) is 21.8 Å². The van der Waals surface area contributed by atoms with Crippen LogP contribution in [0.25, 0.3) is 34.1 Å². The van der Waals surface area contributed by atoms with Crippen LogP contribution in [0.3, 0.4) is 0 Å². The first-order chi connectivity index (χ1) is 28.4. The van der Waals surface area contributed by atoms with Gasteiger partial charge in [0.15, 0.2) is 29.6 Å². The number of nitrogens with one attached hydrogen (secondary N) is 4. The fourth-order valence-electron chi connectivity index (χ4n) is 4.69. The molecule has 19 nitrogen and oxygen atoms in total. The van der Waals surface area contributed by atoms with Crippen LogP contribution in [0.5, 0.6) is 0 Å². The molecule has 0 bridgehead atoms. The van der Waals surface area contributed by atoms with Gasteiger partial charge in [-0.05, 0) is 68.3 Å². The summed E-state index contributed by atoms with van der Waals surface area (Å²) in [6.07, 6.45) is 0.532. The van der Waals surface area contributed by atoms with Gasteiger partial charge in [0, 0.05) is 64.8 Å². The molecule has 1 fully saturated rings. The summed E-state index contributed by atoms with van der Waals surface area (Å²) in [5.74, 6) is -2.15. The van der Waals surface area contributed by atoms with Gasteiger partial charge < -0.3 is 25.3 Å². The number of aliphatic carboxylic acids is 1. The second kappa shape index (κ2) is 23.1. The molecule has 0 aliphatic carbocycles. The van der Waals surface area contributed by atoms with Crippen molar-refractivity contribution in [2.45, 2.75) is 54.4 Å². The molecule has 23 heteroatoms. The Kier molecular flexibility index (Phi) is 18.9. The molecule has 6 aromatic rings. The second-order valence-electron chi connectivity index (χ2n) is 13.6.